The number of hydrogen-bond donors (Lipinski definition) is 3. The summed E-state index contributed by atoms with van der Waals surface area (Å²) in [4.78, 5) is 16.6. The van der Waals surface area contributed by atoms with E-state index >= 15 is 0 Å². The molecule has 0 saturated heterocycles. The van der Waals surface area contributed by atoms with Gasteiger partial charge in [-0.05, 0) is 61.2 Å². The van der Waals surface area contributed by atoms with Gasteiger partial charge in [0.05, 0.1) is 5.69 Å². The van der Waals surface area contributed by atoms with E-state index in [2.05, 4.69) is 57.2 Å². The van der Waals surface area contributed by atoms with Crippen LogP contribution in [0, 0.1) is 0 Å². The van der Waals surface area contributed by atoms with Gasteiger partial charge in [0, 0.05) is 44.1 Å². The number of halogens is 1. The first-order valence-corrected chi connectivity index (χ1v) is 11.0. The molecule has 1 unspecified atom stereocenters. The topological polar surface area (TPSA) is 83.3 Å². The lowest BCUT2D eigenvalue weighted by Crippen LogP contribution is -2.38. The van der Waals surface area contributed by atoms with Gasteiger partial charge in [0.1, 0.15) is 0 Å². The number of benzene rings is 2. The van der Waals surface area contributed by atoms with Crippen molar-refractivity contribution in [1.29, 1.82) is 0 Å². The van der Waals surface area contributed by atoms with E-state index in [9.17, 15) is 4.79 Å². The minimum atomic E-state index is -0.0396. The average molecular weight is 560 g/mol. The number of carbonyl (C=O) groups is 1. The van der Waals surface area contributed by atoms with Crippen LogP contribution in [-0.2, 0) is 13.0 Å². The Kier molecular flexibility index (Phi) is 10.9. The zero-order valence-corrected chi connectivity index (χ0v) is 21.7. The number of hydrogen-bond acceptors (Lipinski definition) is 3. The Balaban J connectivity index is 0.00000385. The zero-order chi connectivity index (χ0) is 22.8. The van der Waals surface area contributed by atoms with Crippen molar-refractivity contribution in [3.8, 4) is 5.69 Å². The van der Waals surface area contributed by atoms with Gasteiger partial charge in [-0.3, -0.25) is 9.79 Å². The maximum absolute atomic E-state index is 12.4. The fourth-order valence-electron chi connectivity index (χ4n) is 3.20. The summed E-state index contributed by atoms with van der Waals surface area (Å²) in [6, 6.07) is 18.1. The second kappa shape index (κ2) is 13.6. The number of aromatic nitrogens is 2. The number of guanidine groups is 1. The third-order valence-corrected chi connectivity index (χ3v) is 5.27. The number of nitrogens with one attached hydrogen (secondary N) is 3. The molecule has 3 N–H and O–H groups in total. The van der Waals surface area contributed by atoms with E-state index in [1.165, 1.54) is 5.56 Å². The van der Waals surface area contributed by atoms with Crippen molar-refractivity contribution in [3.63, 3.8) is 0 Å². The Labute approximate surface area is 213 Å². The van der Waals surface area contributed by atoms with Crippen molar-refractivity contribution in [3.05, 3.63) is 83.7 Å². The van der Waals surface area contributed by atoms with Gasteiger partial charge >= 0.3 is 0 Å². The Morgan fingerprint density at radius 2 is 1.88 bits per heavy atom. The third kappa shape index (κ3) is 8.20. The lowest BCUT2D eigenvalue weighted by atomic mass is 10.1. The molecule has 2 aromatic carbocycles. The van der Waals surface area contributed by atoms with E-state index in [4.69, 9.17) is 0 Å². The number of nitrogens with zero attached hydrogens (tertiary/aromatic N) is 3. The summed E-state index contributed by atoms with van der Waals surface area (Å²) in [7, 11) is 1.75. The predicted molar refractivity (Wildman–Crippen MR) is 145 cm³/mol. The molecule has 0 aliphatic carbocycles. The average Bonchev–Trinajstić information content (AvgIpc) is 3.36. The standard InChI is InChI=1S/C25H32N6O.HI/c1-4-19(2)30-24(32)22-8-5-7-21(17-22)18-28-25(26-3)27-15-13-20-9-11-23(12-10-20)31-16-6-14-29-31;/h5-12,14,16-17,19H,4,13,15,18H2,1-3H3,(H,30,32)(H2,26,27,28);1H. The Bertz CT molecular complexity index is 1020. The van der Waals surface area contributed by atoms with E-state index in [1.807, 2.05) is 48.1 Å². The minimum Gasteiger partial charge on any atom is -0.356 e. The van der Waals surface area contributed by atoms with Gasteiger partial charge in [0.2, 0.25) is 0 Å². The van der Waals surface area contributed by atoms with Crippen LogP contribution in [-0.4, -0.2) is 41.3 Å². The summed E-state index contributed by atoms with van der Waals surface area (Å²) in [6.07, 6.45) is 5.49. The first-order valence-electron chi connectivity index (χ1n) is 11.0. The SMILES string of the molecule is CCC(C)NC(=O)c1cccc(CNC(=NC)NCCc2ccc(-n3cccn3)cc2)c1.I. The summed E-state index contributed by atoms with van der Waals surface area (Å²) in [5.74, 6) is 0.690. The second-order valence-electron chi connectivity index (χ2n) is 7.70. The fraction of sp³-hybridized carbons (Fsp3) is 0.320. The van der Waals surface area contributed by atoms with Crippen LogP contribution in [0.25, 0.3) is 5.69 Å². The first kappa shape index (κ1) is 26.4. The number of amides is 1. The molecular formula is C25H33IN6O. The van der Waals surface area contributed by atoms with Crippen molar-refractivity contribution in [2.45, 2.75) is 39.3 Å². The second-order valence-corrected chi connectivity index (χ2v) is 7.70. The quantitative estimate of drug-likeness (QED) is 0.211. The van der Waals surface area contributed by atoms with Gasteiger partial charge in [-0.15, -0.1) is 24.0 Å². The molecule has 1 aromatic heterocycles. The van der Waals surface area contributed by atoms with Gasteiger partial charge in [0.25, 0.3) is 5.91 Å². The molecule has 0 saturated carbocycles. The van der Waals surface area contributed by atoms with E-state index in [0.29, 0.717) is 12.1 Å². The predicted octanol–water partition coefficient (Wildman–Crippen LogP) is 3.93. The summed E-state index contributed by atoms with van der Waals surface area (Å²) in [5.41, 5.74) is 3.98. The molecule has 3 rings (SSSR count). The van der Waals surface area contributed by atoms with Crippen LogP contribution in [0.5, 0.6) is 0 Å². The lowest BCUT2D eigenvalue weighted by Gasteiger charge is -2.14. The van der Waals surface area contributed by atoms with Crippen molar-refractivity contribution >= 4 is 35.8 Å². The van der Waals surface area contributed by atoms with Crippen LogP contribution in [0.15, 0.2) is 72.0 Å². The van der Waals surface area contributed by atoms with Crippen LogP contribution < -0.4 is 16.0 Å². The minimum absolute atomic E-state index is 0. The van der Waals surface area contributed by atoms with Crippen LogP contribution in [0.3, 0.4) is 0 Å². The van der Waals surface area contributed by atoms with Crippen molar-refractivity contribution in [1.82, 2.24) is 25.7 Å². The molecule has 1 heterocycles. The maximum Gasteiger partial charge on any atom is 0.251 e. The lowest BCUT2D eigenvalue weighted by molar-refractivity contribution is 0.0939. The summed E-state index contributed by atoms with van der Waals surface area (Å²) < 4.78 is 1.84. The van der Waals surface area contributed by atoms with E-state index < -0.39 is 0 Å². The number of rotatable bonds is 9. The van der Waals surface area contributed by atoms with Crippen molar-refractivity contribution in [2.24, 2.45) is 4.99 Å². The van der Waals surface area contributed by atoms with Gasteiger partial charge in [0.15, 0.2) is 5.96 Å². The molecule has 0 radical (unpaired) electrons. The Hall–Kier alpha value is -2.88. The largest absolute Gasteiger partial charge is 0.356 e. The summed E-state index contributed by atoms with van der Waals surface area (Å²) >= 11 is 0. The van der Waals surface area contributed by atoms with E-state index in [-0.39, 0.29) is 35.9 Å². The van der Waals surface area contributed by atoms with Gasteiger partial charge in [-0.2, -0.15) is 5.10 Å². The van der Waals surface area contributed by atoms with Crippen LogP contribution in [0.1, 0.15) is 41.8 Å². The number of carbonyl (C=O) groups excluding carboxylic acids is 1. The molecule has 0 aliphatic rings. The molecule has 176 valence electrons. The summed E-state index contributed by atoms with van der Waals surface area (Å²) in [5, 5.41) is 13.9. The molecule has 3 aromatic rings. The van der Waals surface area contributed by atoms with Gasteiger partial charge in [-0.1, -0.05) is 31.2 Å². The Morgan fingerprint density at radius 1 is 1.09 bits per heavy atom. The normalized spacial score (nSPS) is 11.9. The highest BCUT2D eigenvalue weighted by Crippen LogP contribution is 2.09. The van der Waals surface area contributed by atoms with Crippen LogP contribution >= 0.6 is 24.0 Å². The summed E-state index contributed by atoms with van der Waals surface area (Å²) in [6.45, 7) is 5.41. The molecule has 33 heavy (non-hydrogen) atoms. The monoisotopic (exact) mass is 560 g/mol. The fourth-order valence-corrected chi connectivity index (χ4v) is 3.20. The molecular weight excluding hydrogens is 527 g/mol. The van der Waals surface area contributed by atoms with Crippen LogP contribution in [0.4, 0.5) is 0 Å². The Morgan fingerprint density at radius 3 is 2.55 bits per heavy atom. The molecule has 0 bridgehead atoms. The highest BCUT2D eigenvalue weighted by Gasteiger charge is 2.09. The van der Waals surface area contributed by atoms with Crippen molar-refractivity contribution < 1.29 is 4.79 Å². The molecule has 0 fully saturated rings. The third-order valence-electron chi connectivity index (χ3n) is 5.27. The highest BCUT2D eigenvalue weighted by atomic mass is 127. The first-order chi connectivity index (χ1) is 15.6. The molecule has 0 aliphatic heterocycles. The molecule has 7 nitrogen and oxygen atoms in total. The van der Waals surface area contributed by atoms with Gasteiger partial charge in [-0.25, -0.2) is 4.68 Å². The van der Waals surface area contributed by atoms with Gasteiger partial charge < -0.3 is 16.0 Å². The molecule has 1 atom stereocenters. The van der Waals surface area contributed by atoms with E-state index in [1.54, 1.807) is 13.2 Å². The maximum atomic E-state index is 12.4. The highest BCUT2D eigenvalue weighted by molar-refractivity contribution is 14.0. The van der Waals surface area contributed by atoms with Crippen LogP contribution in [0.2, 0.25) is 0 Å². The molecule has 8 heteroatoms. The number of aliphatic imine (C=N–C) groups is 1. The smallest absolute Gasteiger partial charge is 0.251 e. The van der Waals surface area contributed by atoms with E-state index in [0.717, 1.165) is 36.6 Å². The molecule has 0 spiro atoms. The molecule has 1 amide bonds. The van der Waals surface area contributed by atoms with Crippen molar-refractivity contribution in [2.75, 3.05) is 13.6 Å². The zero-order valence-electron chi connectivity index (χ0n) is 19.4.